The molecule has 0 spiro atoms. The highest BCUT2D eigenvalue weighted by Gasteiger charge is 2.12. The number of hydrogen-bond donors (Lipinski definition) is 0. The zero-order valence-corrected chi connectivity index (χ0v) is 7.53. The van der Waals surface area contributed by atoms with Gasteiger partial charge in [0.15, 0.2) is 5.51 Å². The predicted molar refractivity (Wildman–Crippen MR) is 43.7 cm³/mol. The van der Waals surface area contributed by atoms with Crippen LogP contribution in [0.2, 0.25) is 0 Å². The normalized spacial score (nSPS) is 9.73. The lowest BCUT2D eigenvalue weighted by Crippen LogP contribution is -2.21. The Morgan fingerprint density at radius 2 is 2.27 bits per heavy atom. The molecule has 1 heterocycles. The Labute approximate surface area is 69.7 Å². The van der Waals surface area contributed by atoms with Gasteiger partial charge in [-0.1, -0.05) is 0 Å². The maximum atomic E-state index is 11.3. The van der Waals surface area contributed by atoms with Crippen LogP contribution in [0.1, 0.15) is 15.4 Å². The minimum atomic E-state index is 0.00116. The SMILES string of the molecule is Cc1n[c]sc1C(=O)N(C)C. The summed E-state index contributed by atoms with van der Waals surface area (Å²) in [5.41, 5.74) is 3.44. The molecule has 0 aliphatic heterocycles. The molecule has 0 aromatic carbocycles. The van der Waals surface area contributed by atoms with Crippen LogP contribution >= 0.6 is 11.3 Å². The molecule has 0 N–H and O–H groups in total. The Hall–Kier alpha value is -0.900. The summed E-state index contributed by atoms with van der Waals surface area (Å²) in [6, 6.07) is 0. The molecular formula is C7H9N2OS. The molecular weight excluding hydrogens is 160 g/mol. The third-order valence-electron chi connectivity index (χ3n) is 1.29. The number of nitrogens with zero attached hydrogens (tertiary/aromatic N) is 2. The van der Waals surface area contributed by atoms with Gasteiger partial charge < -0.3 is 4.90 Å². The van der Waals surface area contributed by atoms with Gasteiger partial charge in [-0.2, -0.15) is 0 Å². The van der Waals surface area contributed by atoms with Gasteiger partial charge in [0.1, 0.15) is 4.88 Å². The summed E-state index contributed by atoms with van der Waals surface area (Å²) in [4.78, 5) is 17.4. The molecule has 0 fully saturated rings. The third-order valence-corrected chi connectivity index (χ3v) is 2.15. The highest BCUT2D eigenvalue weighted by Crippen LogP contribution is 2.12. The number of rotatable bonds is 1. The maximum absolute atomic E-state index is 11.3. The van der Waals surface area contributed by atoms with Gasteiger partial charge in [-0.3, -0.25) is 4.79 Å². The topological polar surface area (TPSA) is 33.2 Å². The van der Waals surface area contributed by atoms with Crippen LogP contribution < -0.4 is 0 Å². The van der Waals surface area contributed by atoms with E-state index in [4.69, 9.17) is 0 Å². The second kappa shape index (κ2) is 3.00. The van der Waals surface area contributed by atoms with Crippen molar-refractivity contribution in [3.63, 3.8) is 0 Å². The number of thiazole rings is 1. The quantitative estimate of drug-likeness (QED) is 0.627. The third kappa shape index (κ3) is 1.57. The molecule has 0 unspecified atom stereocenters. The molecule has 0 aliphatic carbocycles. The number of carbonyl (C=O) groups is 1. The van der Waals surface area contributed by atoms with Gasteiger partial charge in [0.05, 0.1) is 5.69 Å². The first-order valence-electron chi connectivity index (χ1n) is 3.18. The number of hydrogen-bond acceptors (Lipinski definition) is 3. The van der Waals surface area contributed by atoms with E-state index >= 15 is 0 Å². The lowest BCUT2D eigenvalue weighted by Gasteiger charge is -2.07. The van der Waals surface area contributed by atoms with Crippen molar-refractivity contribution in [3.05, 3.63) is 16.1 Å². The zero-order valence-electron chi connectivity index (χ0n) is 6.71. The maximum Gasteiger partial charge on any atom is 0.265 e. The van der Waals surface area contributed by atoms with Crippen LogP contribution in [-0.4, -0.2) is 29.9 Å². The Bertz CT molecular complexity index is 267. The molecule has 1 amide bonds. The Balaban J connectivity index is 2.93. The first-order chi connectivity index (χ1) is 5.13. The summed E-state index contributed by atoms with van der Waals surface area (Å²) < 4.78 is 0. The van der Waals surface area contributed by atoms with E-state index < -0.39 is 0 Å². The van der Waals surface area contributed by atoms with Crippen LogP contribution in [-0.2, 0) is 0 Å². The van der Waals surface area contributed by atoms with E-state index in [1.807, 2.05) is 6.92 Å². The molecule has 1 aromatic heterocycles. The van der Waals surface area contributed by atoms with Crippen molar-refractivity contribution in [2.24, 2.45) is 0 Å². The second-order valence-electron chi connectivity index (χ2n) is 2.42. The van der Waals surface area contributed by atoms with Gasteiger partial charge in [0, 0.05) is 14.1 Å². The minimum absolute atomic E-state index is 0.00116. The zero-order chi connectivity index (χ0) is 8.43. The summed E-state index contributed by atoms with van der Waals surface area (Å²) in [5.74, 6) is 0.00116. The smallest absolute Gasteiger partial charge is 0.265 e. The molecule has 0 atom stereocenters. The number of aryl methyl sites for hydroxylation is 1. The van der Waals surface area contributed by atoms with Crippen molar-refractivity contribution in [2.75, 3.05) is 14.1 Å². The molecule has 1 radical (unpaired) electrons. The first kappa shape index (κ1) is 8.20. The van der Waals surface area contributed by atoms with Crippen LogP contribution in [0.15, 0.2) is 0 Å². The molecule has 0 saturated heterocycles. The largest absolute Gasteiger partial charge is 0.344 e. The summed E-state index contributed by atoms with van der Waals surface area (Å²) in [5, 5.41) is 0. The summed E-state index contributed by atoms with van der Waals surface area (Å²) in [6.45, 7) is 1.81. The number of amides is 1. The van der Waals surface area contributed by atoms with Crippen LogP contribution in [0, 0.1) is 12.4 Å². The van der Waals surface area contributed by atoms with Crippen molar-refractivity contribution in [1.82, 2.24) is 9.88 Å². The van der Waals surface area contributed by atoms with E-state index in [9.17, 15) is 4.79 Å². The molecule has 4 heteroatoms. The standard InChI is InChI=1S/C7H9N2OS/c1-5-6(11-4-8-5)7(10)9(2)3/h1-3H3. The van der Waals surface area contributed by atoms with Crippen molar-refractivity contribution < 1.29 is 4.79 Å². The number of aromatic nitrogens is 1. The Morgan fingerprint density at radius 3 is 2.64 bits per heavy atom. The second-order valence-corrected chi connectivity index (χ2v) is 3.21. The first-order valence-corrected chi connectivity index (χ1v) is 3.99. The molecule has 59 valence electrons. The van der Waals surface area contributed by atoms with Gasteiger partial charge in [0.25, 0.3) is 5.91 Å². The highest BCUT2D eigenvalue weighted by molar-refractivity contribution is 7.11. The fraction of sp³-hybridized carbons (Fsp3) is 0.429. The molecule has 0 aliphatic rings. The number of carbonyl (C=O) groups excluding carboxylic acids is 1. The molecule has 1 aromatic rings. The van der Waals surface area contributed by atoms with E-state index in [0.29, 0.717) is 4.88 Å². The van der Waals surface area contributed by atoms with E-state index in [-0.39, 0.29) is 5.91 Å². The van der Waals surface area contributed by atoms with Crippen molar-refractivity contribution in [3.8, 4) is 0 Å². The van der Waals surface area contributed by atoms with E-state index in [1.165, 1.54) is 16.2 Å². The van der Waals surface area contributed by atoms with Crippen LogP contribution in [0.3, 0.4) is 0 Å². The van der Waals surface area contributed by atoms with Crippen LogP contribution in [0.25, 0.3) is 0 Å². The van der Waals surface area contributed by atoms with Gasteiger partial charge in [-0.05, 0) is 6.92 Å². The predicted octanol–water partition coefficient (Wildman–Crippen LogP) is 0.954. The highest BCUT2D eigenvalue weighted by atomic mass is 32.1. The van der Waals surface area contributed by atoms with E-state index in [2.05, 4.69) is 10.5 Å². The average molecular weight is 169 g/mol. The van der Waals surface area contributed by atoms with Crippen LogP contribution in [0.4, 0.5) is 0 Å². The van der Waals surface area contributed by atoms with Crippen LogP contribution in [0.5, 0.6) is 0 Å². The minimum Gasteiger partial charge on any atom is -0.344 e. The van der Waals surface area contributed by atoms with Gasteiger partial charge in [-0.15, -0.1) is 11.3 Å². The molecule has 11 heavy (non-hydrogen) atoms. The lowest BCUT2D eigenvalue weighted by atomic mass is 10.4. The van der Waals surface area contributed by atoms with Crippen molar-refractivity contribution in [1.29, 1.82) is 0 Å². The summed E-state index contributed by atoms with van der Waals surface area (Å²) >= 11 is 1.26. The molecule has 0 bridgehead atoms. The van der Waals surface area contributed by atoms with Gasteiger partial charge in [-0.25, -0.2) is 4.98 Å². The Kier molecular flexibility index (Phi) is 2.24. The summed E-state index contributed by atoms with van der Waals surface area (Å²) in [7, 11) is 3.45. The lowest BCUT2D eigenvalue weighted by molar-refractivity contribution is 0.0831. The molecule has 0 saturated carbocycles. The fourth-order valence-corrected chi connectivity index (χ4v) is 1.40. The van der Waals surface area contributed by atoms with E-state index in [0.717, 1.165) is 5.69 Å². The van der Waals surface area contributed by atoms with Crippen molar-refractivity contribution in [2.45, 2.75) is 6.92 Å². The summed E-state index contributed by atoms with van der Waals surface area (Å²) in [6.07, 6.45) is 0. The van der Waals surface area contributed by atoms with E-state index in [1.54, 1.807) is 14.1 Å². The molecule has 3 nitrogen and oxygen atoms in total. The van der Waals surface area contributed by atoms with Gasteiger partial charge >= 0.3 is 0 Å². The monoisotopic (exact) mass is 169 g/mol. The molecule has 1 rings (SSSR count). The van der Waals surface area contributed by atoms with Crippen molar-refractivity contribution >= 4 is 17.2 Å². The Morgan fingerprint density at radius 1 is 1.64 bits per heavy atom. The fourth-order valence-electron chi connectivity index (χ4n) is 0.663. The average Bonchev–Trinajstić information content (AvgIpc) is 2.33. The van der Waals surface area contributed by atoms with Gasteiger partial charge in [0.2, 0.25) is 0 Å².